The first kappa shape index (κ1) is 13.0. The molecule has 106 valence electrons. The maximum atomic E-state index is 12.2. The number of hydrogen-bond acceptors (Lipinski definition) is 4. The van der Waals surface area contributed by atoms with Crippen molar-refractivity contribution in [2.45, 2.75) is 32.7 Å². The van der Waals surface area contributed by atoms with Crippen LogP contribution in [-0.2, 0) is 0 Å². The Bertz CT molecular complexity index is 688. The molecule has 5 nitrogen and oxygen atoms in total. The van der Waals surface area contributed by atoms with Gasteiger partial charge in [0.2, 0.25) is 5.95 Å². The first-order valence-electron chi connectivity index (χ1n) is 7.11. The van der Waals surface area contributed by atoms with Gasteiger partial charge in [-0.2, -0.15) is 0 Å². The first-order chi connectivity index (χ1) is 9.54. The Labute approximate surface area is 117 Å². The van der Waals surface area contributed by atoms with Gasteiger partial charge in [0.05, 0.1) is 10.9 Å². The molecule has 2 aromatic rings. The van der Waals surface area contributed by atoms with Gasteiger partial charge in [-0.05, 0) is 37.0 Å². The molecule has 1 aromatic carbocycles. The zero-order valence-electron chi connectivity index (χ0n) is 11.9. The zero-order chi connectivity index (χ0) is 14.3. The van der Waals surface area contributed by atoms with E-state index in [-0.39, 0.29) is 5.56 Å². The Morgan fingerprint density at radius 3 is 2.85 bits per heavy atom. The molecule has 0 radical (unpaired) electrons. The van der Waals surface area contributed by atoms with Crippen molar-refractivity contribution in [3.8, 4) is 0 Å². The molecule has 1 heterocycles. The average Bonchev–Trinajstić information content (AvgIpc) is 3.21. The van der Waals surface area contributed by atoms with Crippen LogP contribution in [0.4, 0.5) is 11.6 Å². The zero-order valence-corrected chi connectivity index (χ0v) is 11.9. The number of nitrogens with zero attached hydrogens (tertiary/aromatic N) is 2. The molecule has 0 spiro atoms. The third-order valence-corrected chi connectivity index (χ3v) is 3.54. The standard InChI is InChI=1S/C15H20N4O/c1-9(2)8-19(11-4-5-11)15-17-13-6-3-10(16)7-12(13)14(20)18-15/h3,6-7,9,11H,4-5,8,16H2,1-2H3,(H,17,18,20). The first-order valence-corrected chi connectivity index (χ1v) is 7.11. The van der Waals surface area contributed by atoms with Gasteiger partial charge in [-0.15, -0.1) is 0 Å². The van der Waals surface area contributed by atoms with Crippen LogP contribution >= 0.6 is 0 Å². The molecule has 3 N–H and O–H groups in total. The molecule has 20 heavy (non-hydrogen) atoms. The normalized spacial score (nSPS) is 14.9. The quantitative estimate of drug-likeness (QED) is 0.836. The summed E-state index contributed by atoms with van der Waals surface area (Å²) in [4.78, 5) is 21.9. The number of aromatic amines is 1. The van der Waals surface area contributed by atoms with E-state index in [1.165, 1.54) is 12.8 Å². The van der Waals surface area contributed by atoms with Crippen molar-refractivity contribution < 1.29 is 0 Å². The van der Waals surface area contributed by atoms with Crippen LogP contribution in [0.5, 0.6) is 0 Å². The molecule has 0 aliphatic heterocycles. The SMILES string of the molecule is CC(C)CN(c1nc2ccc(N)cc2c(=O)[nH]1)C1CC1. The molecule has 1 aliphatic rings. The highest BCUT2D eigenvalue weighted by Crippen LogP contribution is 2.30. The molecule has 1 aromatic heterocycles. The predicted octanol–water partition coefficient (Wildman–Crippen LogP) is 2.13. The lowest BCUT2D eigenvalue weighted by atomic mass is 10.2. The van der Waals surface area contributed by atoms with E-state index in [4.69, 9.17) is 5.73 Å². The van der Waals surface area contributed by atoms with Crippen molar-refractivity contribution in [3.63, 3.8) is 0 Å². The van der Waals surface area contributed by atoms with E-state index in [1.54, 1.807) is 12.1 Å². The molecular formula is C15H20N4O. The minimum absolute atomic E-state index is 0.119. The molecule has 5 heteroatoms. The van der Waals surface area contributed by atoms with Crippen LogP contribution in [0, 0.1) is 5.92 Å². The van der Waals surface area contributed by atoms with E-state index in [2.05, 4.69) is 28.7 Å². The summed E-state index contributed by atoms with van der Waals surface area (Å²) in [7, 11) is 0. The van der Waals surface area contributed by atoms with Crippen molar-refractivity contribution in [2.75, 3.05) is 17.2 Å². The maximum absolute atomic E-state index is 12.2. The lowest BCUT2D eigenvalue weighted by Crippen LogP contribution is -2.33. The Morgan fingerprint density at radius 1 is 1.45 bits per heavy atom. The van der Waals surface area contributed by atoms with E-state index in [1.807, 2.05) is 6.07 Å². The van der Waals surface area contributed by atoms with Crippen LogP contribution in [0.1, 0.15) is 26.7 Å². The van der Waals surface area contributed by atoms with Crippen LogP contribution in [0.3, 0.4) is 0 Å². The molecule has 1 saturated carbocycles. The maximum Gasteiger partial charge on any atom is 0.260 e. The topological polar surface area (TPSA) is 75.0 Å². The van der Waals surface area contributed by atoms with Crippen molar-refractivity contribution >= 4 is 22.5 Å². The molecular weight excluding hydrogens is 252 g/mol. The second-order valence-corrected chi connectivity index (χ2v) is 5.94. The summed E-state index contributed by atoms with van der Waals surface area (Å²) in [6, 6.07) is 5.79. The monoisotopic (exact) mass is 272 g/mol. The summed E-state index contributed by atoms with van der Waals surface area (Å²) in [6.07, 6.45) is 2.35. The lowest BCUT2D eigenvalue weighted by molar-refractivity contribution is 0.597. The highest BCUT2D eigenvalue weighted by Gasteiger charge is 2.31. The number of anilines is 2. The van der Waals surface area contributed by atoms with E-state index >= 15 is 0 Å². The number of hydrogen-bond donors (Lipinski definition) is 2. The highest BCUT2D eigenvalue weighted by molar-refractivity contribution is 5.81. The molecule has 1 fully saturated rings. The van der Waals surface area contributed by atoms with Gasteiger partial charge in [0.1, 0.15) is 0 Å². The summed E-state index contributed by atoms with van der Waals surface area (Å²) in [5, 5.41) is 0.550. The van der Waals surface area contributed by atoms with Gasteiger partial charge in [0.15, 0.2) is 0 Å². The molecule has 3 rings (SSSR count). The summed E-state index contributed by atoms with van der Waals surface area (Å²) in [5.41, 5.74) is 6.89. The van der Waals surface area contributed by atoms with Gasteiger partial charge in [-0.3, -0.25) is 9.78 Å². The fraction of sp³-hybridized carbons (Fsp3) is 0.467. The van der Waals surface area contributed by atoms with Crippen molar-refractivity contribution in [3.05, 3.63) is 28.6 Å². The fourth-order valence-corrected chi connectivity index (χ4v) is 2.47. The van der Waals surface area contributed by atoms with Crippen LogP contribution in [0.2, 0.25) is 0 Å². The van der Waals surface area contributed by atoms with Crippen LogP contribution in [0.15, 0.2) is 23.0 Å². The van der Waals surface area contributed by atoms with E-state index in [0.717, 1.165) is 6.54 Å². The Morgan fingerprint density at radius 2 is 2.20 bits per heavy atom. The van der Waals surface area contributed by atoms with Gasteiger partial charge in [-0.1, -0.05) is 13.8 Å². The average molecular weight is 272 g/mol. The molecule has 0 amide bonds. The lowest BCUT2D eigenvalue weighted by Gasteiger charge is -2.25. The number of nitrogens with one attached hydrogen (secondary N) is 1. The minimum Gasteiger partial charge on any atom is -0.399 e. The van der Waals surface area contributed by atoms with Gasteiger partial charge >= 0.3 is 0 Å². The predicted molar refractivity (Wildman–Crippen MR) is 82.0 cm³/mol. The van der Waals surface area contributed by atoms with Gasteiger partial charge in [-0.25, -0.2) is 4.98 Å². The van der Waals surface area contributed by atoms with Gasteiger partial charge < -0.3 is 10.6 Å². The summed E-state index contributed by atoms with van der Waals surface area (Å²) in [5.74, 6) is 1.21. The van der Waals surface area contributed by atoms with E-state index in [0.29, 0.717) is 34.5 Å². The number of benzene rings is 1. The summed E-state index contributed by atoms with van der Waals surface area (Å²) >= 11 is 0. The third kappa shape index (κ3) is 2.48. The fourth-order valence-electron chi connectivity index (χ4n) is 2.47. The number of nitrogens with two attached hydrogens (primary N) is 1. The number of H-pyrrole nitrogens is 1. The third-order valence-electron chi connectivity index (χ3n) is 3.54. The van der Waals surface area contributed by atoms with Gasteiger partial charge in [0.25, 0.3) is 5.56 Å². The molecule has 0 saturated heterocycles. The molecule has 0 unspecified atom stereocenters. The minimum atomic E-state index is -0.119. The molecule has 0 atom stereocenters. The smallest absolute Gasteiger partial charge is 0.260 e. The van der Waals surface area contributed by atoms with Crippen molar-refractivity contribution in [1.82, 2.24) is 9.97 Å². The van der Waals surface area contributed by atoms with Crippen molar-refractivity contribution in [2.24, 2.45) is 5.92 Å². The number of aromatic nitrogens is 2. The van der Waals surface area contributed by atoms with Gasteiger partial charge in [0, 0.05) is 18.3 Å². The molecule has 1 aliphatic carbocycles. The Hall–Kier alpha value is -2.04. The number of fused-ring (bicyclic) bond motifs is 1. The second-order valence-electron chi connectivity index (χ2n) is 5.94. The Kier molecular flexibility index (Phi) is 3.12. The molecule has 0 bridgehead atoms. The van der Waals surface area contributed by atoms with E-state index in [9.17, 15) is 4.79 Å². The number of rotatable bonds is 4. The Balaban J connectivity index is 2.06. The van der Waals surface area contributed by atoms with E-state index < -0.39 is 0 Å². The summed E-state index contributed by atoms with van der Waals surface area (Å²) in [6.45, 7) is 5.26. The van der Waals surface area contributed by atoms with Crippen LogP contribution in [0.25, 0.3) is 10.9 Å². The van der Waals surface area contributed by atoms with Crippen molar-refractivity contribution in [1.29, 1.82) is 0 Å². The largest absolute Gasteiger partial charge is 0.399 e. The number of nitrogen functional groups attached to an aromatic ring is 1. The summed E-state index contributed by atoms with van der Waals surface area (Å²) < 4.78 is 0. The van der Waals surface area contributed by atoms with Crippen LogP contribution < -0.4 is 16.2 Å². The van der Waals surface area contributed by atoms with Crippen LogP contribution in [-0.4, -0.2) is 22.6 Å². The second kappa shape index (κ2) is 4.81. The highest BCUT2D eigenvalue weighted by atomic mass is 16.1.